The van der Waals surface area contributed by atoms with E-state index < -0.39 is 5.97 Å². The molecule has 0 fully saturated rings. The molecule has 0 aliphatic rings. The summed E-state index contributed by atoms with van der Waals surface area (Å²) in [6.45, 7) is 14.0. The van der Waals surface area contributed by atoms with E-state index in [-0.39, 0.29) is 18.7 Å². The Morgan fingerprint density at radius 3 is 2.40 bits per heavy atom. The minimum atomic E-state index is -0.475. The van der Waals surface area contributed by atoms with Crippen LogP contribution in [0.1, 0.15) is 37.0 Å². The zero-order chi connectivity index (χ0) is 22.1. The van der Waals surface area contributed by atoms with Crippen molar-refractivity contribution in [3.8, 4) is 0 Å². The average Bonchev–Trinajstić information content (AvgIpc) is 3.01. The van der Waals surface area contributed by atoms with Crippen molar-refractivity contribution in [2.75, 3.05) is 46.1 Å². The van der Waals surface area contributed by atoms with Gasteiger partial charge in [-0.05, 0) is 39.4 Å². The van der Waals surface area contributed by atoms with Crippen molar-refractivity contribution in [3.05, 3.63) is 26.6 Å². The van der Waals surface area contributed by atoms with Gasteiger partial charge in [-0.25, -0.2) is 4.98 Å². The number of fused-ring (bicyclic) bond motifs is 1. The molecule has 168 valence electrons. The highest BCUT2D eigenvalue weighted by molar-refractivity contribution is 7.18. The van der Waals surface area contributed by atoms with E-state index >= 15 is 0 Å². The summed E-state index contributed by atoms with van der Waals surface area (Å²) in [6, 6.07) is 0. The Labute approximate surface area is 181 Å². The van der Waals surface area contributed by atoms with Crippen LogP contribution in [0.4, 0.5) is 0 Å². The van der Waals surface area contributed by atoms with Crippen molar-refractivity contribution in [3.63, 3.8) is 0 Å². The fourth-order valence-corrected chi connectivity index (χ4v) is 4.09. The van der Waals surface area contributed by atoms with Crippen molar-refractivity contribution in [2.45, 2.75) is 47.7 Å². The van der Waals surface area contributed by atoms with Gasteiger partial charge in [0.25, 0.3) is 5.56 Å². The van der Waals surface area contributed by atoms with E-state index in [0.29, 0.717) is 44.2 Å². The summed E-state index contributed by atoms with van der Waals surface area (Å²) in [6.07, 6.45) is 0. The molecule has 0 aromatic carbocycles. The first-order chi connectivity index (χ1) is 14.4. The second kappa shape index (κ2) is 12.1. The van der Waals surface area contributed by atoms with E-state index in [2.05, 4.69) is 18.7 Å². The minimum absolute atomic E-state index is 0.136. The summed E-state index contributed by atoms with van der Waals surface area (Å²) in [5.41, 5.74) is 0.737. The second-order valence-electron chi connectivity index (χ2n) is 6.87. The van der Waals surface area contributed by atoms with Crippen LogP contribution in [0.2, 0.25) is 0 Å². The lowest BCUT2D eigenvalue weighted by molar-refractivity contribution is -0.146. The lowest BCUT2D eigenvalue weighted by Crippen LogP contribution is -2.33. The summed E-state index contributed by atoms with van der Waals surface area (Å²) in [5, 5.41) is 0.591. The normalized spacial score (nSPS) is 11.5. The van der Waals surface area contributed by atoms with Crippen LogP contribution in [0, 0.1) is 13.8 Å². The Balaban J connectivity index is 2.15. The molecule has 0 N–H and O–H groups in total. The van der Waals surface area contributed by atoms with Crippen LogP contribution in [0.25, 0.3) is 10.2 Å². The summed E-state index contributed by atoms with van der Waals surface area (Å²) in [4.78, 5) is 34.3. The Bertz CT molecular complexity index is 889. The predicted molar refractivity (Wildman–Crippen MR) is 118 cm³/mol. The van der Waals surface area contributed by atoms with E-state index in [0.717, 1.165) is 28.4 Å². The minimum Gasteiger partial charge on any atom is -0.462 e. The van der Waals surface area contributed by atoms with Gasteiger partial charge in [-0.15, -0.1) is 11.3 Å². The van der Waals surface area contributed by atoms with Gasteiger partial charge in [-0.1, -0.05) is 13.8 Å². The van der Waals surface area contributed by atoms with Gasteiger partial charge in [0, 0.05) is 11.5 Å². The molecule has 0 saturated carbocycles. The molecular weight excluding hydrogens is 406 g/mol. The van der Waals surface area contributed by atoms with E-state index in [9.17, 15) is 9.59 Å². The maximum atomic E-state index is 13.2. The van der Waals surface area contributed by atoms with Crippen molar-refractivity contribution in [1.29, 1.82) is 0 Å². The highest BCUT2D eigenvalue weighted by Crippen LogP contribution is 2.26. The predicted octanol–water partition coefficient (Wildman–Crippen LogP) is 2.51. The molecule has 0 atom stereocenters. The smallest absolute Gasteiger partial charge is 0.326 e. The van der Waals surface area contributed by atoms with Crippen LogP contribution in [-0.2, 0) is 32.1 Å². The molecule has 2 rings (SSSR count). The molecule has 2 aromatic heterocycles. The number of hydrogen-bond donors (Lipinski definition) is 0. The maximum absolute atomic E-state index is 13.2. The maximum Gasteiger partial charge on any atom is 0.326 e. The topological polar surface area (TPSA) is 82.9 Å². The van der Waals surface area contributed by atoms with Crippen LogP contribution >= 0.6 is 11.3 Å². The zero-order valence-corrected chi connectivity index (χ0v) is 19.5. The zero-order valence-electron chi connectivity index (χ0n) is 18.7. The number of aryl methyl sites for hydroxylation is 2. The van der Waals surface area contributed by atoms with Gasteiger partial charge in [0.05, 0.1) is 31.8 Å². The van der Waals surface area contributed by atoms with Gasteiger partial charge in [0.1, 0.15) is 23.8 Å². The number of hydrogen-bond acceptors (Lipinski definition) is 8. The molecule has 2 heterocycles. The van der Waals surface area contributed by atoms with E-state index in [1.807, 2.05) is 20.8 Å². The van der Waals surface area contributed by atoms with Crippen LogP contribution < -0.4 is 5.56 Å². The Morgan fingerprint density at radius 1 is 1.07 bits per heavy atom. The van der Waals surface area contributed by atoms with Crippen molar-refractivity contribution < 1.29 is 19.0 Å². The van der Waals surface area contributed by atoms with Crippen LogP contribution in [0.15, 0.2) is 4.79 Å². The SMILES string of the molecule is CCOCCOCCOC(=O)Cn1c(CN(CC)CC)nc2sc(C)c(C)c2c1=O. The first kappa shape index (κ1) is 24.5. The first-order valence-corrected chi connectivity index (χ1v) is 11.3. The van der Waals surface area contributed by atoms with Gasteiger partial charge >= 0.3 is 5.97 Å². The van der Waals surface area contributed by atoms with Crippen LogP contribution in [0.5, 0.6) is 0 Å². The number of esters is 1. The number of aromatic nitrogens is 2. The molecule has 30 heavy (non-hydrogen) atoms. The first-order valence-electron chi connectivity index (χ1n) is 10.5. The third-order valence-corrected chi connectivity index (χ3v) is 6.08. The molecule has 9 heteroatoms. The molecule has 0 aliphatic carbocycles. The lowest BCUT2D eigenvalue weighted by Gasteiger charge is -2.20. The van der Waals surface area contributed by atoms with Crippen molar-refractivity contribution >= 4 is 27.5 Å². The number of nitrogens with zero attached hydrogens (tertiary/aromatic N) is 3. The number of ether oxygens (including phenoxy) is 3. The summed E-state index contributed by atoms with van der Waals surface area (Å²) in [5.74, 6) is 0.111. The molecule has 0 bridgehead atoms. The molecule has 0 unspecified atom stereocenters. The molecule has 2 aromatic rings. The number of rotatable bonds is 13. The van der Waals surface area contributed by atoms with Gasteiger partial charge in [-0.2, -0.15) is 0 Å². The van der Waals surface area contributed by atoms with E-state index in [4.69, 9.17) is 19.2 Å². The Morgan fingerprint density at radius 2 is 1.73 bits per heavy atom. The molecule has 0 aliphatic heterocycles. The van der Waals surface area contributed by atoms with Crippen molar-refractivity contribution in [2.24, 2.45) is 0 Å². The van der Waals surface area contributed by atoms with Gasteiger partial charge in [0.2, 0.25) is 0 Å². The number of carbonyl (C=O) groups is 1. The fraction of sp³-hybridized carbons (Fsp3) is 0.667. The number of thiophene rings is 1. The monoisotopic (exact) mass is 439 g/mol. The average molecular weight is 440 g/mol. The third-order valence-electron chi connectivity index (χ3n) is 4.98. The highest BCUT2D eigenvalue weighted by Gasteiger charge is 2.19. The third kappa shape index (κ3) is 6.34. The largest absolute Gasteiger partial charge is 0.462 e. The molecular formula is C21H33N3O5S. The Kier molecular flexibility index (Phi) is 9.90. The highest BCUT2D eigenvalue weighted by atomic mass is 32.1. The molecule has 8 nitrogen and oxygen atoms in total. The molecule has 0 radical (unpaired) electrons. The number of carbonyl (C=O) groups excluding carboxylic acids is 1. The summed E-state index contributed by atoms with van der Waals surface area (Å²) < 4.78 is 17.3. The molecule has 0 spiro atoms. The molecule has 0 saturated heterocycles. The van der Waals surface area contributed by atoms with E-state index in [1.54, 1.807) is 0 Å². The second-order valence-corrected chi connectivity index (χ2v) is 8.08. The van der Waals surface area contributed by atoms with Gasteiger partial charge in [-0.3, -0.25) is 19.1 Å². The van der Waals surface area contributed by atoms with Gasteiger partial charge < -0.3 is 14.2 Å². The van der Waals surface area contributed by atoms with Crippen molar-refractivity contribution in [1.82, 2.24) is 14.5 Å². The lowest BCUT2D eigenvalue weighted by atomic mass is 10.2. The van der Waals surface area contributed by atoms with E-state index in [1.165, 1.54) is 15.9 Å². The van der Waals surface area contributed by atoms with Crippen LogP contribution in [-0.4, -0.2) is 66.5 Å². The summed E-state index contributed by atoms with van der Waals surface area (Å²) >= 11 is 1.52. The molecule has 0 amide bonds. The fourth-order valence-electron chi connectivity index (χ4n) is 3.05. The van der Waals surface area contributed by atoms with Gasteiger partial charge in [0.15, 0.2) is 0 Å². The summed E-state index contributed by atoms with van der Waals surface area (Å²) in [7, 11) is 0. The standard InChI is InChI=1S/C21H33N3O5S/c1-6-23(7-2)13-17-22-20-19(15(4)16(5)30-20)21(26)24(17)14-18(25)29-12-11-28-10-9-27-8-3/h6-14H2,1-5H3. The quantitative estimate of drug-likeness (QED) is 0.350. The Hall–Kier alpha value is -1.81. The van der Waals surface area contributed by atoms with Crippen LogP contribution in [0.3, 0.4) is 0 Å².